The molecule has 0 N–H and O–H groups in total. The number of nitrogens with zero attached hydrogens (tertiary/aromatic N) is 2. The Balaban J connectivity index is 2.31. The number of benzene rings is 2. The van der Waals surface area contributed by atoms with Crippen molar-refractivity contribution < 1.29 is 0 Å². The number of rotatable bonds is 1. The summed E-state index contributed by atoms with van der Waals surface area (Å²) in [4.78, 5) is 0. The molecule has 2 aromatic carbocycles. The molecule has 78 valence electrons. The van der Waals surface area contributed by atoms with Gasteiger partial charge in [0.2, 0.25) is 0 Å². The van der Waals surface area contributed by atoms with Gasteiger partial charge in [-0.15, -0.1) is 0 Å². The molecule has 0 fully saturated rings. The zero-order chi connectivity index (χ0) is 11.0. The fraction of sp³-hybridized carbons (Fsp3) is 0. The minimum Gasteiger partial charge on any atom is -0.232 e. The van der Waals surface area contributed by atoms with Gasteiger partial charge in [-0.1, -0.05) is 30.3 Å². The number of hydrogen-bond acceptors (Lipinski definition) is 1. The Morgan fingerprint density at radius 1 is 0.938 bits per heavy atom. The Bertz CT molecular complexity index is 643. The summed E-state index contributed by atoms with van der Waals surface area (Å²) < 4.78 is 3.19. The lowest BCUT2D eigenvalue weighted by molar-refractivity contribution is 0.905. The summed E-state index contributed by atoms with van der Waals surface area (Å²) in [6.45, 7) is 0. The van der Waals surface area contributed by atoms with E-state index in [1.807, 2.05) is 35.1 Å². The van der Waals surface area contributed by atoms with E-state index in [4.69, 9.17) is 0 Å². The van der Waals surface area contributed by atoms with Gasteiger partial charge >= 0.3 is 0 Å². The minimum atomic E-state index is 1.13. The van der Waals surface area contributed by atoms with Crippen molar-refractivity contribution in [3.8, 4) is 5.69 Å². The van der Waals surface area contributed by atoms with E-state index in [0.29, 0.717) is 0 Å². The molecule has 3 aromatic rings. The first-order valence-corrected chi connectivity index (χ1v) is 6.12. The Labute approximate surface area is 107 Å². The molecule has 0 aliphatic heterocycles. The second-order valence-electron chi connectivity index (χ2n) is 3.57. The van der Waals surface area contributed by atoms with Gasteiger partial charge in [-0.25, -0.2) is 4.68 Å². The topological polar surface area (TPSA) is 17.8 Å². The van der Waals surface area contributed by atoms with Crippen LogP contribution in [0.25, 0.3) is 16.6 Å². The maximum Gasteiger partial charge on any atom is 0.0786 e. The van der Waals surface area contributed by atoms with Crippen molar-refractivity contribution in [3.05, 3.63) is 58.3 Å². The summed E-state index contributed by atoms with van der Waals surface area (Å²) in [5.74, 6) is 0. The van der Waals surface area contributed by atoms with E-state index in [0.717, 1.165) is 11.2 Å². The van der Waals surface area contributed by atoms with Gasteiger partial charge in [-0.2, -0.15) is 5.10 Å². The summed E-state index contributed by atoms with van der Waals surface area (Å²) in [6.07, 6.45) is 1.90. The summed E-state index contributed by atoms with van der Waals surface area (Å²) in [7, 11) is 0. The quantitative estimate of drug-likeness (QED) is 0.626. The third-order valence-electron chi connectivity index (χ3n) is 2.56. The van der Waals surface area contributed by atoms with Crippen LogP contribution in [0.2, 0.25) is 0 Å². The predicted octanol–water partition coefficient (Wildman–Crippen LogP) is 3.63. The van der Waals surface area contributed by atoms with E-state index in [2.05, 4.69) is 52.0 Å². The second kappa shape index (κ2) is 3.90. The molecular formula is C13H9IN2. The van der Waals surface area contributed by atoms with Crippen LogP contribution in [0.3, 0.4) is 0 Å². The van der Waals surface area contributed by atoms with Crippen molar-refractivity contribution in [2.24, 2.45) is 0 Å². The highest BCUT2D eigenvalue weighted by Crippen LogP contribution is 2.21. The molecule has 0 radical (unpaired) electrons. The molecule has 3 heteroatoms. The molecule has 0 atom stereocenters. The van der Waals surface area contributed by atoms with E-state index >= 15 is 0 Å². The molecule has 0 unspecified atom stereocenters. The lowest BCUT2D eigenvalue weighted by Crippen LogP contribution is -1.97. The molecule has 1 heterocycles. The maximum absolute atomic E-state index is 4.44. The molecule has 0 bridgehead atoms. The van der Waals surface area contributed by atoms with Gasteiger partial charge in [0.05, 0.1) is 17.4 Å². The van der Waals surface area contributed by atoms with E-state index in [1.54, 1.807) is 0 Å². The van der Waals surface area contributed by atoms with Crippen molar-refractivity contribution >= 4 is 33.5 Å². The van der Waals surface area contributed by atoms with Crippen LogP contribution >= 0.6 is 22.6 Å². The number of halogens is 1. The molecule has 0 aliphatic carbocycles. The highest BCUT2D eigenvalue weighted by atomic mass is 127. The third kappa shape index (κ3) is 1.51. The number of fused-ring (bicyclic) bond motifs is 1. The molecular weight excluding hydrogens is 311 g/mol. The first-order valence-electron chi connectivity index (χ1n) is 5.04. The monoisotopic (exact) mass is 320 g/mol. The Hall–Kier alpha value is -1.36. The maximum atomic E-state index is 4.44. The smallest absolute Gasteiger partial charge is 0.0786 e. The van der Waals surface area contributed by atoms with Gasteiger partial charge in [-0.3, -0.25) is 0 Å². The van der Waals surface area contributed by atoms with Crippen molar-refractivity contribution in [2.45, 2.75) is 0 Å². The van der Waals surface area contributed by atoms with E-state index < -0.39 is 0 Å². The highest BCUT2D eigenvalue weighted by molar-refractivity contribution is 14.1. The molecule has 1 aromatic heterocycles. The first kappa shape index (κ1) is 9.84. The van der Waals surface area contributed by atoms with Gasteiger partial charge in [0.1, 0.15) is 0 Å². The third-order valence-corrected chi connectivity index (χ3v) is 3.47. The summed E-state index contributed by atoms with van der Waals surface area (Å²) in [5.41, 5.74) is 2.27. The van der Waals surface area contributed by atoms with Crippen molar-refractivity contribution in [1.29, 1.82) is 0 Å². The fourth-order valence-corrected chi connectivity index (χ4v) is 2.40. The number of aromatic nitrogens is 2. The van der Waals surface area contributed by atoms with Crippen molar-refractivity contribution in [2.75, 3.05) is 0 Å². The molecule has 16 heavy (non-hydrogen) atoms. The molecule has 0 spiro atoms. The lowest BCUT2D eigenvalue weighted by atomic mass is 10.2. The van der Waals surface area contributed by atoms with Crippen molar-refractivity contribution in [1.82, 2.24) is 9.78 Å². The average Bonchev–Trinajstić information content (AvgIpc) is 2.74. The van der Waals surface area contributed by atoms with Crippen LogP contribution in [0.5, 0.6) is 0 Å². The van der Waals surface area contributed by atoms with Crippen LogP contribution in [0.1, 0.15) is 0 Å². The van der Waals surface area contributed by atoms with Gasteiger partial charge in [0, 0.05) is 8.96 Å². The minimum absolute atomic E-state index is 1.13. The van der Waals surface area contributed by atoms with Crippen molar-refractivity contribution in [3.63, 3.8) is 0 Å². The van der Waals surface area contributed by atoms with Crippen LogP contribution in [0.15, 0.2) is 54.7 Å². The molecule has 0 saturated heterocycles. The van der Waals surface area contributed by atoms with Gasteiger partial charge in [0.15, 0.2) is 0 Å². The van der Waals surface area contributed by atoms with E-state index in [9.17, 15) is 0 Å². The molecule has 0 saturated carbocycles. The van der Waals surface area contributed by atoms with Crippen LogP contribution in [-0.4, -0.2) is 9.78 Å². The molecule has 3 rings (SSSR count). The van der Waals surface area contributed by atoms with Gasteiger partial charge < -0.3 is 0 Å². The SMILES string of the molecule is Ic1ccccc1-n1ncc2ccccc21. The molecule has 2 nitrogen and oxygen atoms in total. The zero-order valence-electron chi connectivity index (χ0n) is 8.47. The standard InChI is InChI=1S/C13H9IN2/c14-11-6-2-4-8-13(11)16-12-7-3-1-5-10(12)9-15-16/h1-9H. The predicted molar refractivity (Wildman–Crippen MR) is 73.8 cm³/mol. The lowest BCUT2D eigenvalue weighted by Gasteiger charge is -2.05. The summed E-state index contributed by atoms with van der Waals surface area (Å²) in [5, 5.41) is 5.61. The summed E-state index contributed by atoms with van der Waals surface area (Å²) >= 11 is 2.33. The van der Waals surface area contributed by atoms with Crippen LogP contribution < -0.4 is 0 Å². The van der Waals surface area contributed by atoms with Gasteiger partial charge in [-0.05, 0) is 40.8 Å². The van der Waals surface area contributed by atoms with Crippen LogP contribution in [0, 0.1) is 3.57 Å². The summed E-state index contributed by atoms with van der Waals surface area (Å²) in [6, 6.07) is 16.5. The molecule has 0 aliphatic rings. The van der Waals surface area contributed by atoms with E-state index in [1.165, 1.54) is 8.96 Å². The highest BCUT2D eigenvalue weighted by Gasteiger charge is 2.06. The van der Waals surface area contributed by atoms with E-state index in [-0.39, 0.29) is 0 Å². The van der Waals surface area contributed by atoms with Crippen LogP contribution in [-0.2, 0) is 0 Å². The zero-order valence-corrected chi connectivity index (χ0v) is 10.6. The Kier molecular flexibility index (Phi) is 2.40. The van der Waals surface area contributed by atoms with Crippen LogP contribution in [0.4, 0.5) is 0 Å². The van der Waals surface area contributed by atoms with Gasteiger partial charge in [0.25, 0.3) is 0 Å². The normalized spacial score (nSPS) is 10.8. The Morgan fingerprint density at radius 3 is 2.56 bits per heavy atom. The number of para-hydroxylation sites is 2. The average molecular weight is 320 g/mol. The Morgan fingerprint density at radius 2 is 1.69 bits per heavy atom. The fourth-order valence-electron chi connectivity index (χ4n) is 1.79. The second-order valence-corrected chi connectivity index (χ2v) is 4.73. The molecule has 0 amide bonds. The largest absolute Gasteiger partial charge is 0.232 e. The number of hydrogen-bond donors (Lipinski definition) is 0. The first-order chi connectivity index (χ1) is 7.86.